The van der Waals surface area contributed by atoms with Crippen LogP contribution in [0.2, 0.25) is 0 Å². The molecule has 0 radical (unpaired) electrons. The Hall–Kier alpha value is -2.05. The minimum absolute atomic E-state index is 0.0122. The van der Waals surface area contributed by atoms with Gasteiger partial charge >= 0.3 is 0 Å². The Labute approximate surface area is 132 Å². The Morgan fingerprint density at radius 1 is 1.13 bits per heavy atom. The van der Waals surface area contributed by atoms with Crippen molar-refractivity contribution in [3.63, 3.8) is 0 Å². The molecule has 4 nitrogen and oxygen atoms in total. The number of nitrogens with one attached hydrogen (secondary N) is 1. The fourth-order valence-electron chi connectivity index (χ4n) is 2.86. The quantitative estimate of drug-likeness (QED) is 0.863. The third-order valence-corrected chi connectivity index (χ3v) is 4.04. The first-order valence-corrected chi connectivity index (χ1v) is 7.60. The molecule has 126 valence electrons. The zero-order chi connectivity index (χ0) is 17.0. The maximum absolute atomic E-state index is 13.6. The van der Waals surface area contributed by atoms with E-state index in [1.807, 2.05) is 0 Å². The van der Waals surface area contributed by atoms with Crippen LogP contribution in [-0.2, 0) is 9.59 Å². The lowest BCUT2D eigenvalue weighted by molar-refractivity contribution is -0.135. The predicted molar refractivity (Wildman–Crippen MR) is 79.2 cm³/mol. The third kappa shape index (κ3) is 4.24. The van der Waals surface area contributed by atoms with Crippen molar-refractivity contribution in [1.29, 1.82) is 0 Å². The Morgan fingerprint density at radius 2 is 1.78 bits per heavy atom. The molecule has 0 spiro atoms. The van der Waals surface area contributed by atoms with Crippen molar-refractivity contribution in [3.8, 4) is 0 Å². The van der Waals surface area contributed by atoms with Crippen LogP contribution >= 0.6 is 0 Å². The molecule has 1 N–H and O–H groups in total. The summed E-state index contributed by atoms with van der Waals surface area (Å²) in [6, 6.07) is 1.67. The highest BCUT2D eigenvalue weighted by molar-refractivity contribution is 5.94. The minimum atomic E-state index is -1.64. The zero-order valence-electron chi connectivity index (χ0n) is 12.9. The molecule has 23 heavy (non-hydrogen) atoms. The summed E-state index contributed by atoms with van der Waals surface area (Å²) in [7, 11) is 0. The number of carbonyl (C=O) groups is 2. The molecule has 1 aromatic carbocycles. The highest BCUT2D eigenvalue weighted by Gasteiger charge is 2.25. The largest absolute Gasteiger partial charge is 0.331 e. The summed E-state index contributed by atoms with van der Waals surface area (Å²) in [5, 5.41) is 2.19. The van der Waals surface area contributed by atoms with Crippen molar-refractivity contribution in [2.75, 3.05) is 11.9 Å². The van der Waals surface area contributed by atoms with Crippen LogP contribution < -0.4 is 5.32 Å². The first-order valence-electron chi connectivity index (χ1n) is 7.60. The summed E-state index contributed by atoms with van der Waals surface area (Å²) in [5.74, 6) is -5.30. The Kier molecular flexibility index (Phi) is 5.63. The van der Waals surface area contributed by atoms with Crippen LogP contribution in [0.25, 0.3) is 0 Å². The highest BCUT2D eigenvalue weighted by Crippen LogP contribution is 2.23. The zero-order valence-corrected chi connectivity index (χ0v) is 12.9. The molecule has 1 fully saturated rings. The van der Waals surface area contributed by atoms with Gasteiger partial charge in [-0.15, -0.1) is 0 Å². The smallest absolute Gasteiger partial charge is 0.244 e. The monoisotopic (exact) mass is 328 g/mol. The summed E-state index contributed by atoms with van der Waals surface area (Å²) in [6.07, 6.45) is 4.75. The summed E-state index contributed by atoms with van der Waals surface area (Å²) >= 11 is 0. The number of anilines is 1. The fraction of sp³-hybridized carbons (Fsp3) is 0.500. The summed E-state index contributed by atoms with van der Waals surface area (Å²) in [6.45, 7) is 1.14. The number of rotatable bonds is 4. The van der Waals surface area contributed by atoms with Gasteiger partial charge in [0.25, 0.3) is 0 Å². The molecule has 1 aromatic rings. The number of carbonyl (C=O) groups excluding carboxylic acids is 2. The molecular weight excluding hydrogens is 309 g/mol. The standard InChI is InChI=1S/C16H19F3N2O2/c1-10(22)21(11-5-3-2-4-6-11)9-14(23)20-13-8-7-12(17)15(18)16(13)19/h7-8,11H,2-6,9H2,1H3,(H,20,23). The fourth-order valence-corrected chi connectivity index (χ4v) is 2.86. The van der Waals surface area contributed by atoms with E-state index in [0.29, 0.717) is 0 Å². The number of amides is 2. The molecule has 1 aliphatic rings. The summed E-state index contributed by atoms with van der Waals surface area (Å²) in [4.78, 5) is 25.2. The molecule has 1 aliphatic carbocycles. The van der Waals surface area contributed by atoms with Crippen molar-refractivity contribution in [1.82, 2.24) is 4.90 Å². The normalized spacial score (nSPS) is 15.3. The highest BCUT2D eigenvalue weighted by atomic mass is 19.2. The van der Waals surface area contributed by atoms with Gasteiger partial charge in [0.2, 0.25) is 11.8 Å². The van der Waals surface area contributed by atoms with Gasteiger partial charge in [0.05, 0.1) is 5.69 Å². The number of hydrogen-bond donors (Lipinski definition) is 1. The van der Waals surface area contributed by atoms with Gasteiger partial charge in [0.15, 0.2) is 17.5 Å². The van der Waals surface area contributed by atoms with Crippen LogP contribution in [0.3, 0.4) is 0 Å². The average Bonchev–Trinajstić information content (AvgIpc) is 2.54. The summed E-state index contributed by atoms with van der Waals surface area (Å²) in [5.41, 5.74) is -0.443. The van der Waals surface area contributed by atoms with E-state index < -0.39 is 29.0 Å². The third-order valence-electron chi connectivity index (χ3n) is 4.04. The second-order valence-electron chi connectivity index (χ2n) is 5.71. The van der Waals surface area contributed by atoms with Gasteiger partial charge in [-0.3, -0.25) is 9.59 Å². The minimum Gasteiger partial charge on any atom is -0.331 e. The SMILES string of the molecule is CC(=O)N(CC(=O)Nc1ccc(F)c(F)c1F)C1CCCCC1. The Bertz CT molecular complexity index is 601. The van der Waals surface area contributed by atoms with E-state index in [9.17, 15) is 22.8 Å². The molecule has 0 aromatic heterocycles. The predicted octanol–water partition coefficient (Wildman–Crippen LogP) is 3.22. The number of nitrogens with zero attached hydrogens (tertiary/aromatic N) is 1. The van der Waals surface area contributed by atoms with Crippen molar-refractivity contribution >= 4 is 17.5 Å². The summed E-state index contributed by atoms with van der Waals surface area (Å²) < 4.78 is 39.6. The Morgan fingerprint density at radius 3 is 2.39 bits per heavy atom. The number of benzene rings is 1. The molecule has 2 amide bonds. The van der Waals surface area contributed by atoms with E-state index in [-0.39, 0.29) is 18.5 Å². The maximum Gasteiger partial charge on any atom is 0.244 e. The first kappa shape index (κ1) is 17.3. The van der Waals surface area contributed by atoms with E-state index in [1.54, 1.807) is 0 Å². The van der Waals surface area contributed by atoms with Gasteiger partial charge in [-0.2, -0.15) is 0 Å². The average molecular weight is 328 g/mol. The number of hydrogen-bond acceptors (Lipinski definition) is 2. The van der Waals surface area contributed by atoms with E-state index in [1.165, 1.54) is 11.8 Å². The van der Waals surface area contributed by atoms with Gasteiger partial charge < -0.3 is 10.2 Å². The van der Waals surface area contributed by atoms with Gasteiger partial charge in [0, 0.05) is 13.0 Å². The second kappa shape index (κ2) is 7.48. The molecule has 0 aliphatic heterocycles. The van der Waals surface area contributed by atoms with Crippen LogP contribution in [0, 0.1) is 17.5 Å². The van der Waals surface area contributed by atoms with E-state index in [4.69, 9.17) is 0 Å². The van der Waals surface area contributed by atoms with Crippen LogP contribution in [0.15, 0.2) is 12.1 Å². The molecule has 2 rings (SSSR count). The van der Waals surface area contributed by atoms with Crippen LogP contribution in [0.1, 0.15) is 39.0 Å². The number of halogens is 3. The first-order chi connectivity index (χ1) is 10.9. The van der Waals surface area contributed by atoms with Crippen molar-refractivity contribution in [2.45, 2.75) is 45.1 Å². The van der Waals surface area contributed by atoms with Crippen molar-refractivity contribution < 1.29 is 22.8 Å². The van der Waals surface area contributed by atoms with Gasteiger partial charge in [-0.1, -0.05) is 19.3 Å². The molecule has 0 heterocycles. The Balaban J connectivity index is 2.04. The van der Waals surface area contributed by atoms with Crippen molar-refractivity contribution in [2.24, 2.45) is 0 Å². The second-order valence-corrected chi connectivity index (χ2v) is 5.71. The molecule has 1 saturated carbocycles. The molecule has 0 unspecified atom stereocenters. The van der Waals surface area contributed by atoms with Gasteiger partial charge in [0.1, 0.15) is 6.54 Å². The van der Waals surface area contributed by atoms with E-state index in [0.717, 1.165) is 44.2 Å². The molecule has 0 saturated heterocycles. The topological polar surface area (TPSA) is 49.4 Å². The van der Waals surface area contributed by atoms with E-state index in [2.05, 4.69) is 5.32 Å². The van der Waals surface area contributed by atoms with Crippen LogP contribution in [-0.4, -0.2) is 29.3 Å². The van der Waals surface area contributed by atoms with Crippen molar-refractivity contribution in [3.05, 3.63) is 29.6 Å². The molecule has 0 atom stereocenters. The lowest BCUT2D eigenvalue weighted by Crippen LogP contribution is -2.44. The molecular formula is C16H19F3N2O2. The molecule has 0 bridgehead atoms. The van der Waals surface area contributed by atoms with Gasteiger partial charge in [-0.25, -0.2) is 13.2 Å². The van der Waals surface area contributed by atoms with E-state index >= 15 is 0 Å². The van der Waals surface area contributed by atoms with Crippen LogP contribution in [0.5, 0.6) is 0 Å². The molecule has 7 heteroatoms. The maximum atomic E-state index is 13.6. The van der Waals surface area contributed by atoms with Gasteiger partial charge in [-0.05, 0) is 25.0 Å². The lowest BCUT2D eigenvalue weighted by Gasteiger charge is -2.33. The van der Waals surface area contributed by atoms with Crippen LogP contribution in [0.4, 0.5) is 18.9 Å². The lowest BCUT2D eigenvalue weighted by atomic mass is 9.94.